The molecule has 0 unspecified atom stereocenters. The third-order valence-electron chi connectivity index (χ3n) is 4.45. The fourth-order valence-electron chi connectivity index (χ4n) is 2.96. The lowest BCUT2D eigenvalue weighted by Crippen LogP contribution is -2.50. The lowest BCUT2D eigenvalue weighted by atomic mass is 10.2. The first-order valence-corrected chi connectivity index (χ1v) is 9.54. The Bertz CT molecular complexity index is 896. The molecular formula is C18H18N4O4S. The van der Waals surface area contributed by atoms with E-state index in [0.717, 1.165) is 4.88 Å². The summed E-state index contributed by atoms with van der Waals surface area (Å²) < 4.78 is 10.2. The first-order chi connectivity index (χ1) is 13.2. The fourth-order valence-corrected chi connectivity index (χ4v) is 3.61. The van der Waals surface area contributed by atoms with Crippen LogP contribution in [0.4, 0.5) is 0 Å². The van der Waals surface area contributed by atoms with E-state index in [2.05, 4.69) is 10.1 Å². The van der Waals surface area contributed by atoms with Gasteiger partial charge >= 0.3 is 0 Å². The van der Waals surface area contributed by atoms with E-state index >= 15 is 0 Å². The van der Waals surface area contributed by atoms with Gasteiger partial charge < -0.3 is 18.7 Å². The molecule has 0 saturated carbocycles. The highest BCUT2D eigenvalue weighted by molar-refractivity contribution is 7.13. The summed E-state index contributed by atoms with van der Waals surface area (Å²) in [5.41, 5.74) is 0.535. The van der Waals surface area contributed by atoms with E-state index in [9.17, 15) is 9.59 Å². The fraction of sp³-hybridized carbons (Fsp3) is 0.333. The minimum absolute atomic E-state index is 0.0290. The van der Waals surface area contributed by atoms with Gasteiger partial charge in [0.15, 0.2) is 0 Å². The Morgan fingerprint density at radius 1 is 1.15 bits per heavy atom. The second kappa shape index (κ2) is 7.75. The molecule has 4 rings (SSSR count). The number of amides is 2. The van der Waals surface area contributed by atoms with E-state index in [1.807, 2.05) is 17.5 Å². The van der Waals surface area contributed by atoms with Crippen molar-refractivity contribution in [2.24, 2.45) is 0 Å². The van der Waals surface area contributed by atoms with Crippen molar-refractivity contribution < 1.29 is 18.5 Å². The van der Waals surface area contributed by atoms with Crippen LogP contribution in [-0.4, -0.2) is 57.9 Å². The molecule has 4 heterocycles. The van der Waals surface area contributed by atoms with Crippen LogP contribution in [0.1, 0.15) is 22.7 Å². The zero-order valence-electron chi connectivity index (χ0n) is 14.5. The maximum Gasteiger partial charge on any atom is 0.257 e. The van der Waals surface area contributed by atoms with Crippen LogP contribution >= 0.6 is 11.3 Å². The maximum absolute atomic E-state index is 12.4. The van der Waals surface area contributed by atoms with E-state index in [1.165, 1.54) is 23.9 Å². The molecule has 9 heteroatoms. The van der Waals surface area contributed by atoms with Gasteiger partial charge in [-0.05, 0) is 17.5 Å². The van der Waals surface area contributed by atoms with Crippen molar-refractivity contribution >= 4 is 23.2 Å². The van der Waals surface area contributed by atoms with Crippen LogP contribution in [0.15, 0.2) is 45.0 Å². The molecule has 0 radical (unpaired) electrons. The van der Waals surface area contributed by atoms with Crippen molar-refractivity contribution in [1.82, 2.24) is 19.9 Å². The summed E-state index contributed by atoms with van der Waals surface area (Å²) in [6.45, 7) is 2.07. The van der Waals surface area contributed by atoms with Crippen molar-refractivity contribution in [2.45, 2.75) is 12.8 Å². The van der Waals surface area contributed by atoms with Gasteiger partial charge in [-0.3, -0.25) is 9.59 Å². The number of piperazine rings is 1. The average molecular weight is 386 g/mol. The molecule has 1 aliphatic rings. The van der Waals surface area contributed by atoms with Crippen LogP contribution in [0.2, 0.25) is 0 Å². The minimum atomic E-state index is -0.0668. The number of hydrogen-bond acceptors (Lipinski definition) is 7. The molecule has 0 aliphatic carbocycles. The van der Waals surface area contributed by atoms with E-state index in [1.54, 1.807) is 15.9 Å². The highest BCUT2D eigenvalue weighted by atomic mass is 32.1. The van der Waals surface area contributed by atoms with Crippen LogP contribution < -0.4 is 0 Å². The number of aromatic nitrogens is 2. The Balaban J connectivity index is 1.26. The molecule has 1 fully saturated rings. The van der Waals surface area contributed by atoms with Gasteiger partial charge in [0.2, 0.25) is 17.6 Å². The highest BCUT2D eigenvalue weighted by Crippen LogP contribution is 2.21. The van der Waals surface area contributed by atoms with E-state index < -0.39 is 0 Å². The molecule has 3 aromatic rings. The van der Waals surface area contributed by atoms with E-state index in [4.69, 9.17) is 8.94 Å². The van der Waals surface area contributed by atoms with Gasteiger partial charge in [0.25, 0.3) is 5.91 Å². The molecule has 0 spiro atoms. The zero-order valence-corrected chi connectivity index (χ0v) is 15.4. The number of furan rings is 1. The van der Waals surface area contributed by atoms with Crippen LogP contribution in [0, 0.1) is 0 Å². The van der Waals surface area contributed by atoms with Gasteiger partial charge in [-0.1, -0.05) is 11.2 Å². The Kier molecular flexibility index (Phi) is 5.01. The Labute approximate surface area is 159 Å². The summed E-state index contributed by atoms with van der Waals surface area (Å²) in [5.74, 6) is 0.975. The van der Waals surface area contributed by atoms with Gasteiger partial charge in [-0.15, -0.1) is 11.3 Å². The van der Waals surface area contributed by atoms with Crippen LogP contribution in [0.5, 0.6) is 0 Å². The summed E-state index contributed by atoms with van der Waals surface area (Å²) in [5, 5.41) is 5.90. The van der Waals surface area contributed by atoms with Gasteiger partial charge in [-0.2, -0.15) is 4.98 Å². The summed E-state index contributed by atoms with van der Waals surface area (Å²) in [6.07, 6.45) is 3.64. The molecule has 0 aromatic carbocycles. The number of hydrogen-bond donors (Lipinski definition) is 0. The molecule has 8 nitrogen and oxygen atoms in total. The molecule has 0 bridgehead atoms. The van der Waals surface area contributed by atoms with Gasteiger partial charge in [0.05, 0.1) is 16.7 Å². The minimum Gasteiger partial charge on any atom is -0.472 e. The molecular weight excluding hydrogens is 368 g/mol. The normalized spacial score (nSPS) is 14.5. The quantitative estimate of drug-likeness (QED) is 0.668. The van der Waals surface area contributed by atoms with Crippen molar-refractivity contribution in [3.05, 3.63) is 47.6 Å². The lowest BCUT2D eigenvalue weighted by Gasteiger charge is -2.34. The van der Waals surface area contributed by atoms with E-state index in [-0.39, 0.29) is 11.8 Å². The highest BCUT2D eigenvalue weighted by Gasteiger charge is 2.25. The summed E-state index contributed by atoms with van der Waals surface area (Å²) in [6, 6.07) is 5.50. The smallest absolute Gasteiger partial charge is 0.257 e. The summed E-state index contributed by atoms with van der Waals surface area (Å²) >= 11 is 1.54. The largest absolute Gasteiger partial charge is 0.472 e. The Morgan fingerprint density at radius 2 is 1.96 bits per heavy atom. The Hall–Kier alpha value is -2.94. The zero-order chi connectivity index (χ0) is 18.6. The summed E-state index contributed by atoms with van der Waals surface area (Å²) in [4.78, 5) is 33.5. The van der Waals surface area contributed by atoms with Crippen molar-refractivity contribution in [1.29, 1.82) is 0 Å². The number of thiophene rings is 1. The van der Waals surface area contributed by atoms with E-state index in [0.29, 0.717) is 56.3 Å². The predicted molar refractivity (Wildman–Crippen MR) is 97.1 cm³/mol. The van der Waals surface area contributed by atoms with Gasteiger partial charge in [-0.25, -0.2) is 0 Å². The molecule has 1 aliphatic heterocycles. The van der Waals surface area contributed by atoms with Crippen LogP contribution in [0.25, 0.3) is 10.7 Å². The number of nitrogens with zero attached hydrogens (tertiary/aromatic N) is 4. The second-order valence-corrected chi connectivity index (χ2v) is 7.12. The predicted octanol–water partition coefficient (Wildman–Crippen LogP) is 2.31. The second-order valence-electron chi connectivity index (χ2n) is 6.17. The van der Waals surface area contributed by atoms with Crippen LogP contribution in [-0.2, 0) is 11.2 Å². The molecule has 2 amide bonds. The van der Waals surface area contributed by atoms with Crippen molar-refractivity contribution in [2.75, 3.05) is 26.2 Å². The molecule has 1 saturated heterocycles. The van der Waals surface area contributed by atoms with Gasteiger partial charge in [0, 0.05) is 39.0 Å². The van der Waals surface area contributed by atoms with Gasteiger partial charge in [0.1, 0.15) is 6.26 Å². The molecule has 0 N–H and O–H groups in total. The molecule has 0 atom stereocenters. The first kappa shape index (κ1) is 17.5. The molecule has 140 valence electrons. The third kappa shape index (κ3) is 3.92. The monoisotopic (exact) mass is 386 g/mol. The molecule has 27 heavy (non-hydrogen) atoms. The number of aryl methyl sites for hydroxylation is 1. The van der Waals surface area contributed by atoms with Crippen LogP contribution in [0.3, 0.4) is 0 Å². The first-order valence-electron chi connectivity index (χ1n) is 8.66. The average Bonchev–Trinajstić information content (AvgIpc) is 3.47. The topological polar surface area (TPSA) is 92.7 Å². The standard InChI is InChI=1S/C18H18N4O4S/c23-16(4-3-15-19-17(20-26-15)14-2-1-11-27-14)21-6-8-22(9-7-21)18(24)13-5-10-25-12-13/h1-2,5,10-12H,3-4,6-9H2. The molecule has 3 aromatic heterocycles. The lowest BCUT2D eigenvalue weighted by molar-refractivity contribution is -0.132. The maximum atomic E-state index is 12.4. The third-order valence-corrected chi connectivity index (χ3v) is 5.32. The van der Waals surface area contributed by atoms with Crippen molar-refractivity contribution in [3.8, 4) is 10.7 Å². The number of rotatable bonds is 5. The summed E-state index contributed by atoms with van der Waals surface area (Å²) in [7, 11) is 0. The van der Waals surface area contributed by atoms with Crippen molar-refractivity contribution in [3.63, 3.8) is 0 Å². The Morgan fingerprint density at radius 3 is 2.67 bits per heavy atom. The number of carbonyl (C=O) groups excluding carboxylic acids is 2. The SMILES string of the molecule is O=C(CCc1nc(-c2cccs2)no1)N1CCN(C(=O)c2ccoc2)CC1. The number of carbonyl (C=O) groups is 2.